The predicted octanol–water partition coefficient (Wildman–Crippen LogP) is 5.64. The summed E-state index contributed by atoms with van der Waals surface area (Å²) in [4.78, 5) is 40.4. The largest absolute Gasteiger partial charge is 0.335 e. The van der Waals surface area contributed by atoms with E-state index < -0.39 is 17.5 Å². The van der Waals surface area contributed by atoms with E-state index in [-0.39, 0.29) is 34.1 Å². The molecule has 1 aliphatic rings. The molecule has 0 aromatic heterocycles. The Morgan fingerprint density at radius 1 is 1.03 bits per heavy atom. The Hall–Kier alpha value is -1.24. The zero-order chi connectivity index (χ0) is 26.3. The molecular formula is C27H51N3O3S. The third kappa shape index (κ3) is 9.79. The van der Waals surface area contributed by atoms with Crippen molar-refractivity contribution in [2.24, 2.45) is 16.7 Å². The molecule has 1 fully saturated rings. The van der Waals surface area contributed by atoms with Gasteiger partial charge in [-0.15, -0.1) is 0 Å². The monoisotopic (exact) mass is 497 g/mol. The third-order valence-electron chi connectivity index (χ3n) is 6.59. The van der Waals surface area contributed by atoms with Crippen molar-refractivity contribution < 1.29 is 14.4 Å². The van der Waals surface area contributed by atoms with E-state index in [1.54, 1.807) is 4.90 Å². The molecule has 0 radical (unpaired) electrons. The van der Waals surface area contributed by atoms with E-state index in [9.17, 15) is 14.4 Å². The fourth-order valence-corrected chi connectivity index (χ4v) is 5.50. The summed E-state index contributed by atoms with van der Waals surface area (Å²) in [5, 5.41) is 6.13. The number of likely N-dealkylation sites (tertiary alicyclic amines) is 1. The number of urea groups is 1. The molecule has 0 saturated carbocycles. The van der Waals surface area contributed by atoms with Crippen LogP contribution < -0.4 is 10.6 Å². The van der Waals surface area contributed by atoms with Crippen LogP contribution >= 0.6 is 11.8 Å². The van der Waals surface area contributed by atoms with Gasteiger partial charge in [0.05, 0.1) is 6.04 Å². The van der Waals surface area contributed by atoms with Crippen molar-refractivity contribution in [2.75, 3.05) is 12.3 Å². The lowest BCUT2D eigenvalue weighted by molar-refractivity contribution is -0.139. The number of carbonyl (C=O) groups is 3. The number of thioether (sulfide) groups is 1. The Labute approximate surface area is 213 Å². The van der Waals surface area contributed by atoms with Gasteiger partial charge in [0.2, 0.25) is 5.91 Å². The summed E-state index contributed by atoms with van der Waals surface area (Å²) in [7, 11) is 0. The molecule has 0 aromatic rings. The van der Waals surface area contributed by atoms with Gasteiger partial charge in [-0.2, -0.15) is 11.8 Å². The molecule has 4 atom stereocenters. The Balaban J connectivity index is 2.96. The molecule has 0 spiro atoms. The number of amides is 3. The van der Waals surface area contributed by atoms with Gasteiger partial charge >= 0.3 is 6.03 Å². The number of rotatable bonds is 10. The van der Waals surface area contributed by atoms with E-state index in [0.29, 0.717) is 6.54 Å². The van der Waals surface area contributed by atoms with Gasteiger partial charge in [0.15, 0.2) is 0 Å². The van der Waals surface area contributed by atoms with Gasteiger partial charge in [-0.3, -0.25) is 4.79 Å². The summed E-state index contributed by atoms with van der Waals surface area (Å²) in [5.74, 6) is 0.778. The van der Waals surface area contributed by atoms with Crippen LogP contribution in [0.4, 0.5) is 4.79 Å². The lowest BCUT2D eigenvalue weighted by Crippen LogP contribution is -2.59. The van der Waals surface area contributed by atoms with E-state index in [1.807, 2.05) is 32.5 Å². The maximum absolute atomic E-state index is 13.6. The molecular weight excluding hydrogens is 446 g/mol. The second-order valence-electron chi connectivity index (χ2n) is 13.0. The van der Waals surface area contributed by atoms with Gasteiger partial charge < -0.3 is 20.3 Å². The van der Waals surface area contributed by atoms with E-state index in [4.69, 9.17) is 0 Å². The van der Waals surface area contributed by atoms with Crippen molar-refractivity contribution in [3.63, 3.8) is 0 Å². The summed E-state index contributed by atoms with van der Waals surface area (Å²) in [6.07, 6.45) is 5.97. The highest BCUT2D eigenvalue weighted by Crippen LogP contribution is 2.38. The number of nitrogens with zero attached hydrogens (tertiary/aromatic N) is 1. The number of aldehydes is 1. The van der Waals surface area contributed by atoms with Crippen molar-refractivity contribution in [2.45, 2.75) is 124 Å². The van der Waals surface area contributed by atoms with Crippen LogP contribution in [0.15, 0.2) is 0 Å². The summed E-state index contributed by atoms with van der Waals surface area (Å²) >= 11 is 1.84. The van der Waals surface area contributed by atoms with Crippen LogP contribution in [0, 0.1) is 16.7 Å². The first-order valence-electron chi connectivity index (χ1n) is 13.0. The smallest absolute Gasteiger partial charge is 0.315 e. The number of carbonyl (C=O) groups excluding carboxylic acids is 3. The van der Waals surface area contributed by atoms with Crippen LogP contribution in [0.5, 0.6) is 0 Å². The maximum Gasteiger partial charge on any atom is 0.315 e. The van der Waals surface area contributed by atoms with E-state index in [1.165, 1.54) is 0 Å². The third-order valence-corrected chi connectivity index (χ3v) is 8.02. The SMILES string of the molecule is CCCCCC(CSC(C)(C)C)NC(=O)NC(C(=O)N1CC[C@H](C(C)(C)C)C1C=O)C(C)(C)C. The molecule has 6 nitrogen and oxygen atoms in total. The van der Waals surface area contributed by atoms with Crippen LogP contribution in [-0.4, -0.2) is 58.3 Å². The van der Waals surface area contributed by atoms with Crippen LogP contribution in [0.25, 0.3) is 0 Å². The van der Waals surface area contributed by atoms with Gasteiger partial charge in [0, 0.05) is 23.1 Å². The predicted molar refractivity (Wildman–Crippen MR) is 144 cm³/mol. The Morgan fingerprint density at radius 2 is 1.65 bits per heavy atom. The lowest BCUT2D eigenvalue weighted by atomic mass is 9.76. The van der Waals surface area contributed by atoms with Crippen molar-refractivity contribution in [1.29, 1.82) is 0 Å². The van der Waals surface area contributed by atoms with Crippen molar-refractivity contribution >= 4 is 30.0 Å². The number of hydrogen-bond donors (Lipinski definition) is 2. The molecule has 3 amide bonds. The van der Waals surface area contributed by atoms with Crippen LogP contribution in [0.1, 0.15) is 101 Å². The molecule has 0 aliphatic carbocycles. The van der Waals surface area contributed by atoms with Gasteiger partial charge in [-0.05, 0) is 29.6 Å². The minimum absolute atomic E-state index is 0.0475. The zero-order valence-electron chi connectivity index (χ0n) is 23.4. The topological polar surface area (TPSA) is 78.5 Å². The Kier molecular flexibility index (Phi) is 11.4. The fourth-order valence-electron chi connectivity index (χ4n) is 4.55. The lowest BCUT2D eigenvalue weighted by Gasteiger charge is -2.37. The van der Waals surface area contributed by atoms with Crippen LogP contribution in [-0.2, 0) is 9.59 Å². The highest BCUT2D eigenvalue weighted by Gasteiger charge is 2.46. The molecule has 0 bridgehead atoms. The summed E-state index contributed by atoms with van der Waals surface area (Å²) in [6.45, 7) is 21.5. The molecule has 34 heavy (non-hydrogen) atoms. The maximum atomic E-state index is 13.6. The van der Waals surface area contributed by atoms with Crippen LogP contribution in [0.3, 0.4) is 0 Å². The van der Waals surface area contributed by atoms with Gasteiger partial charge in [0.25, 0.3) is 0 Å². The quantitative estimate of drug-likeness (QED) is 0.302. The van der Waals surface area contributed by atoms with Gasteiger partial charge in [0.1, 0.15) is 12.3 Å². The minimum atomic E-state index is -0.708. The molecule has 2 N–H and O–H groups in total. The molecule has 1 heterocycles. The number of nitrogens with one attached hydrogen (secondary N) is 2. The van der Waals surface area contributed by atoms with Gasteiger partial charge in [-0.25, -0.2) is 4.79 Å². The standard InChI is InChI=1S/C27H51N3O3S/c1-11-12-13-14-19(18-34-27(8,9)10)28-24(33)29-22(26(5,6)7)23(32)30-16-15-20(21(30)17-31)25(2,3)4/h17,19-22H,11-16,18H2,1-10H3,(H2,28,29,33)/t19?,20-,21?,22?/m0/s1. The number of unbranched alkanes of at least 4 members (excludes halogenated alkanes) is 2. The molecule has 1 rings (SSSR count). The molecule has 1 saturated heterocycles. The molecule has 3 unspecified atom stereocenters. The summed E-state index contributed by atoms with van der Waals surface area (Å²) < 4.78 is 0.119. The minimum Gasteiger partial charge on any atom is -0.335 e. The first-order chi connectivity index (χ1) is 15.5. The van der Waals surface area contributed by atoms with E-state index >= 15 is 0 Å². The Morgan fingerprint density at radius 3 is 2.12 bits per heavy atom. The van der Waals surface area contributed by atoms with Crippen molar-refractivity contribution in [1.82, 2.24) is 15.5 Å². The highest BCUT2D eigenvalue weighted by atomic mass is 32.2. The normalized spacial score (nSPS) is 21.2. The van der Waals surface area contributed by atoms with E-state index in [0.717, 1.165) is 44.1 Å². The van der Waals surface area contributed by atoms with Crippen molar-refractivity contribution in [3.8, 4) is 0 Å². The highest BCUT2D eigenvalue weighted by molar-refractivity contribution is 8.00. The molecule has 0 aromatic carbocycles. The first-order valence-corrected chi connectivity index (χ1v) is 14.0. The molecule has 1 aliphatic heterocycles. The Bertz CT molecular complexity index is 676. The van der Waals surface area contributed by atoms with Crippen LogP contribution in [0.2, 0.25) is 0 Å². The van der Waals surface area contributed by atoms with Gasteiger partial charge in [-0.1, -0.05) is 88.5 Å². The fraction of sp³-hybridized carbons (Fsp3) is 0.889. The second-order valence-corrected chi connectivity index (χ2v) is 14.8. The first kappa shape index (κ1) is 30.8. The molecule has 198 valence electrons. The average Bonchev–Trinajstić information content (AvgIpc) is 3.13. The average molecular weight is 498 g/mol. The molecule has 7 heteroatoms. The number of hydrogen-bond acceptors (Lipinski definition) is 4. The zero-order valence-corrected chi connectivity index (χ0v) is 24.2. The summed E-state index contributed by atoms with van der Waals surface area (Å²) in [6, 6.07) is -1.42. The second kappa shape index (κ2) is 12.6. The van der Waals surface area contributed by atoms with E-state index in [2.05, 4.69) is 59.1 Å². The van der Waals surface area contributed by atoms with Crippen molar-refractivity contribution in [3.05, 3.63) is 0 Å². The summed E-state index contributed by atoms with van der Waals surface area (Å²) in [5.41, 5.74) is -0.557.